The first-order valence-electron chi connectivity index (χ1n) is 7.83. The lowest BCUT2D eigenvalue weighted by molar-refractivity contribution is -0.132. The Morgan fingerprint density at radius 2 is 2.00 bits per heavy atom. The lowest BCUT2D eigenvalue weighted by atomic mass is 10.0. The van der Waals surface area contributed by atoms with Crippen LogP contribution >= 0.6 is 11.3 Å². The third-order valence-electron chi connectivity index (χ3n) is 4.31. The maximum atomic E-state index is 12.2. The van der Waals surface area contributed by atoms with E-state index in [0.29, 0.717) is 6.42 Å². The summed E-state index contributed by atoms with van der Waals surface area (Å²) < 4.78 is 0. The second kappa shape index (κ2) is 6.60. The number of hydrogen-bond donors (Lipinski definition) is 1. The standard InChI is InChI=1S/C16H22N2O2S/c19-15(6-5-14-2-1-11-21-14)18-9-7-13(8-10-18)17-16(20)12-3-4-12/h1-2,11-13H,3-10H2,(H,17,20). The molecule has 0 bridgehead atoms. The van der Waals surface area contributed by atoms with Gasteiger partial charge in [0.2, 0.25) is 11.8 Å². The van der Waals surface area contributed by atoms with Gasteiger partial charge in [-0.25, -0.2) is 0 Å². The van der Waals surface area contributed by atoms with Gasteiger partial charge in [-0.1, -0.05) is 6.07 Å². The number of rotatable bonds is 5. The minimum absolute atomic E-state index is 0.220. The molecule has 5 heteroatoms. The van der Waals surface area contributed by atoms with E-state index in [9.17, 15) is 9.59 Å². The topological polar surface area (TPSA) is 49.4 Å². The molecule has 1 saturated heterocycles. The molecular formula is C16H22N2O2S. The minimum atomic E-state index is 0.220. The van der Waals surface area contributed by atoms with Crippen molar-refractivity contribution in [2.24, 2.45) is 5.92 Å². The summed E-state index contributed by atoms with van der Waals surface area (Å²) in [5.74, 6) is 0.739. The number of nitrogens with zero attached hydrogens (tertiary/aromatic N) is 1. The van der Waals surface area contributed by atoms with Crippen LogP contribution in [-0.2, 0) is 16.0 Å². The van der Waals surface area contributed by atoms with Crippen molar-refractivity contribution in [3.63, 3.8) is 0 Å². The molecule has 1 aromatic rings. The summed E-state index contributed by atoms with van der Waals surface area (Å²) in [6, 6.07) is 4.37. The Morgan fingerprint density at radius 1 is 1.24 bits per heavy atom. The van der Waals surface area contributed by atoms with Crippen molar-refractivity contribution in [3.8, 4) is 0 Å². The molecule has 1 aliphatic heterocycles. The van der Waals surface area contributed by atoms with Crippen LogP contribution in [-0.4, -0.2) is 35.8 Å². The van der Waals surface area contributed by atoms with E-state index in [1.807, 2.05) is 16.3 Å². The first-order valence-corrected chi connectivity index (χ1v) is 8.71. The average molecular weight is 306 g/mol. The Kier molecular flexibility index (Phi) is 4.58. The highest BCUT2D eigenvalue weighted by atomic mass is 32.1. The molecular weight excluding hydrogens is 284 g/mol. The maximum absolute atomic E-state index is 12.2. The number of carbonyl (C=O) groups is 2. The number of piperidine rings is 1. The van der Waals surface area contributed by atoms with Gasteiger partial charge >= 0.3 is 0 Å². The lowest BCUT2D eigenvalue weighted by Gasteiger charge is -2.32. The summed E-state index contributed by atoms with van der Waals surface area (Å²) in [5.41, 5.74) is 0. The SMILES string of the molecule is O=C(NC1CCN(C(=O)CCc2cccs2)CC1)C1CC1. The lowest BCUT2D eigenvalue weighted by Crippen LogP contribution is -2.46. The number of likely N-dealkylation sites (tertiary alicyclic amines) is 1. The quantitative estimate of drug-likeness (QED) is 0.906. The molecule has 0 spiro atoms. The molecule has 2 heterocycles. The average Bonchev–Trinajstić information content (AvgIpc) is 3.23. The van der Waals surface area contributed by atoms with Gasteiger partial charge in [0, 0.05) is 36.3 Å². The summed E-state index contributed by atoms with van der Waals surface area (Å²) in [7, 11) is 0. The van der Waals surface area contributed by atoms with Gasteiger partial charge in [0.05, 0.1) is 0 Å². The second-order valence-electron chi connectivity index (χ2n) is 6.02. The Morgan fingerprint density at radius 3 is 2.62 bits per heavy atom. The van der Waals surface area contributed by atoms with Crippen molar-refractivity contribution in [3.05, 3.63) is 22.4 Å². The largest absolute Gasteiger partial charge is 0.353 e. The molecule has 0 aromatic carbocycles. The molecule has 1 saturated carbocycles. The van der Waals surface area contributed by atoms with E-state index in [2.05, 4.69) is 11.4 Å². The summed E-state index contributed by atoms with van der Waals surface area (Å²) in [6.45, 7) is 1.55. The number of aryl methyl sites for hydroxylation is 1. The highest BCUT2D eigenvalue weighted by molar-refractivity contribution is 7.09. The Bertz CT molecular complexity index is 488. The summed E-state index contributed by atoms with van der Waals surface area (Å²) in [5, 5.41) is 5.17. The number of thiophene rings is 1. The highest BCUT2D eigenvalue weighted by Gasteiger charge is 2.32. The zero-order valence-electron chi connectivity index (χ0n) is 12.2. The molecule has 4 nitrogen and oxygen atoms in total. The summed E-state index contributed by atoms with van der Waals surface area (Å²) >= 11 is 1.71. The highest BCUT2D eigenvalue weighted by Crippen LogP contribution is 2.29. The van der Waals surface area contributed by atoms with Crippen molar-refractivity contribution < 1.29 is 9.59 Å². The van der Waals surface area contributed by atoms with Gasteiger partial charge in [-0.3, -0.25) is 9.59 Å². The fourth-order valence-corrected chi connectivity index (χ4v) is 3.49. The second-order valence-corrected chi connectivity index (χ2v) is 7.05. The molecule has 0 atom stereocenters. The molecule has 3 rings (SSSR count). The first kappa shape index (κ1) is 14.6. The van der Waals surface area contributed by atoms with Crippen LogP contribution < -0.4 is 5.32 Å². The van der Waals surface area contributed by atoms with Crippen LogP contribution in [0.5, 0.6) is 0 Å². The predicted octanol–water partition coefficient (Wildman–Crippen LogP) is 2.20. The molecule has 114 valence electrons. The van der Waals surface area contributed by atoms with Crippen molar-refractivity contribution in [1.29, 1.82) is 0 Å². The van der Waals surface area contributed by atoms with E-state index in [-0.39, 0.29) is 23.8 Å². The van der Waals surface area contributed by atoms with Crippen molar-refractivity contribution in [1.82, 2.24) is 10.2 Å². The van der Waals surface area contributed by atoms with Crippen LogP contribution in [0.2, 0.25) is 0 Å². The maximum Gasteiger partial charge on any atom is 0.223 e. The molecule has 1 aliphatic carbocycles. The zero-order chi connectivity index (χ0) is 14.7. The summed E-state index contributed by atoms with van der Waals surface area (Å²) in [4.78, 5) is 27.1. The van der Waals surface area contributed by atoms with Crippen LogP contribution in [0.15, 0.2) is 17.5 Å². The molecule has 2 fully saturated rings. The number of amides is 2. The molecule has 2 amide bonds. The van der Waals surface area contributed by atoms with E-state index in [1.54, 1.807) is 11.3 Å². The van der Waals surface area contributed by atoms with E-state index >= 15 is 0 Å². The van der Waals surface area contributed by atoms with Crippen LogP contribution in [0.25, 0.3) is 0 Å². The molecule has 1 N–H and O–H groups in total. The predicted molar refractivity (Wildman–Crippen MR) is 83.1 cm³/mol. The molecule has 21 heavy (non-hydrogen) atoms. The zero-order valence-corrected chi connectivity index (χ0v) is 13.0. The third kappa shape index (κ3) is 4.06. The number of hydrogen-bond acceptors (Lipinski definition) is 3. The van der Waals surface area contributed by atoms with E-state index in [0.717, 1.165) is 45.2 Å². The third-order valence-corrected chi connectivity index (χ3v) is 5.24. The van der Waals surface area contributed by atoms with Gasteiger partial charge in [0.1, 0.15) is 0 Å². The fraction of sp³-hybridized carbons (Fsp3) is 0.625. The van der Waals surface area contributed by atoms with Crippen molar-refractivity contribution in [2.45, 2.75) is 44.6 Å². The smallest absolute Gasteiger partial charge is 0.223 e. The molecule has 1 aromatic heterocycles. The molecule has 2 aliphatic rings. The Balaban J connectivity index is 1.38. The van der Waals surface area contributed by atoms with E-state index in [4.69, 9.17) is 0 Å². The monoisotopic (exact) mass is 306 g/mol. The van der Waals surface area contributed by atoms with Crippen molar-refractivity contribution in [2.75, 3.05) is 13.1 Å². The Hall–Kier alpha value is -1.36. The normalized spacial score (nSPS) is 19.5. The van der Waals surface area contributed by atoms with E-state index in [1.165, 1.54) is 4.88 Å². The molecule has 0 radical (unpaired) electrons. The van der Waals surface area contributed by atoms with Crippen LogP contribution in [0, 0.1) is 5.92 Å². The van der Waals surface area contributed by atoms with Gasteiger partial charge in [-0.2, -0.15) is 0 Å². The minimum Gasteiger partial charge on any atom is -0.353 e. The van der Waals surface area contributed by atoms with Gasteiger partial charge in [-0.15, -0.1) is 11.3 Å². The van der Waals surface area contributed by atoms with Crippen LogP contribution in [0.1, 0.15) is 37.0 Å². The van der Waals surface area contributed by atoms with Gasteiger partial charge < -0.3 is 10.2 Å². The van der Waals surface area contributed by atoms with E-state index < -0.39 is 0 Å². The van der Waals surface area contributed by atoms with Crippen LogP contribution in [0.4, 0.5) is 0 Å². The number of nitrogens with one attached hydrogen (secondary N) is 1. The molecule has 0 unspecified atom stereocenters. The first-order chi connectivity index (χ1) is 10.2. The Labute approximate surface area is 129 Å². The van der Waals surface area contributed by atoms with Gasteiger partial charge in [0.25, 0.3) is 0 Å². The summed E-state index contributed by atoms with van der Waals surface area (Å²) in [6.07, 6.45) is 5.32. The fourth-order valence-electron chi connectivity index (χ4n) is 2.78. The van der Waals surface area contributed by atoms with Gasteiger partial charge in [0.15, 0.2) is 0 Å². The van der Waals surface area contributed by atoms with Crippen molar-refractivity contribution >= 4 is 23.2 Å². The van der Waals surface area contributed by atoms with Gasteiger partial charge in [-0.05, 0) is 43.6 Å². The number of carbonyl (C=O) groups excluding carboxylic acids is 2. The van der Waals surface area contributed by atoms with Crippen LogP contribution in [0.3, 0.4) is 0 Å².